The number of nitrogens with one attached hydrogen (secondary N) is 1. The van der Waals surface area contributed by atoms with Crippen LogP contribution in [0.3, 0.4) is 0 Å². The fourth-order valence-corrected chi connectivity index (χ4v) is 3.54. The van der Waals surface area contributed by atoms with Crippen molar-refractivity contribution in [3.8, 4) is 0 Å². The van der Waals surface area contributed by atoms with Gasteiger partial charge in [-0.25, -0.2) is 8.42 Å². The molecule has 0 bridgehead atoms. The van der Waals surface area contributed by atoms with E-state index in [1.165, 1.54) is 0 Å². The maximum atomic E-state index is 10.8. The molecule has 0 spiro atoms. The van der Waals surface area contributed by atoms with Crippen molar-refractivity contribution in [2.24, 2.45) is 11.8 Å². The molecule has 0 aromatic carbocycles. The average molecular weight is 213 g/mol. The van der Waals surface area contributed by atoms with Crippen LogP contribution < -0.4 is 34.9 Å². The van der Waals surface area contributed by atoms with Crippen molar-refractivity contribution in [1.29, 1.82) is 0 Å². The Balaban J connectivity index is 0.000000845. The first-order valence-corrected chi connectivity index (χ1v) is 5.74. The Bertz CT molecular complexity index is 279. The van der Waals surface area contributed by atoms with Crippen LogP contribution in [0, 0.1) is 11.8 Å². The molecule has 4 nitrogen and oxygen atoms in total. The topological polar surface area (TPSA) is 69.2 Å². The maximum absolute atomic E-state index is 10.8. The third-order valence-corrected chi connectivity index (χ3v) is 4.14. The number of hydrogen-bond acceptors (Lipinski definition) is 4. The van der Waals surface area contributed by atoms with Gasteiger partial charge in [-0.05, 0) is 31.2 Å². The zero-order valence-electron chi connectivity index (χ0n) is 7.69. The van der Waals surface area contributed by atoms with Crippen molar-refractivity contribution in [2.45, 2.75) is 24.6 Å². The summed E-state index contributed by atoms with van der Waals surface area (Å²) in [5, 5.41) is 2.00. The fraction of sp³-hybridized carbons (Fsp3) is 1.00. The molecule has 1 N–H and O–H groups in total. The molecule has 2 aliphatic rings. The van der Waals surface area contributed by atoms with E-state index in [0.717, 1.165) is 19.3 Å². The smallest absolute Gasteiger partial charge is 0.747 e. The Hall–Kier alpha value is 0.870. The number of rotatable bonds is 1. The summed E-state index contributed by atoms with van der Waals surface area (Å²) in [5.74, 6) is 0.520. The summed E-state index contributed by atoms with van der Waals surface area (Å²) in [7, 11) is -4.12. The van der Waals surface area contributed by atoms with E-state index < -0.39 is 15.5 Å². The van der Waals surface area contributed by atoms with E-state index >= 15 is 0 Å². The van der Waals surface area contributed by atoms with E-state index in [9.17, 15) is 13.0 Å². The first kappa shape index (κ1) is 11.9. The van der Waals surface area contributed by atoms with Crippen molar-refractivity contribution in [1.82, 2.24) is 5.32 Å². The van der Waals surface area contributed by atoms with E-state index in [1.54, 1.807) is 0 Å². The van der Waals surface area contributed by atoms with Gasteiger partial charge < -0.3 is 9.87 Å². The number of hydrogen-bond donors (Lipinski definition) is 1. The van der Waals surface area contributed by atoms with Gasteiger partial charge in [0.15, 0.2) is 0 Å². The normalized spacial score (nSPS) is 38.4. The van der Waals surface area contributed by atoms with E-state index in [2.05, 4.69) is 5.32 Å². The van der Waals surface area contributed by atoms with Crippen LogP contribution in [0.2, 0.25) is 0 Å². The molecule has 13 heavy (non-hydrogen) atoms. The van der Waals surface area contributed by atoms with E-state index in [0.29, 0.717) is 12.5 Å². The summed E-state index contributed by atoms with van der Waals surface area (Å²) >= 11 is 0. The predicted octanol–water partition coefficient (Wildman–Crippen LogP) is -3.12. The third kappa shape index (κ3) is 2.27. The van der Waals surface area contributed by atoms with Crippen LogP contribution in [0.15, 0.2) is 0 Å². The second-order valence-corrected chi connectivity index (χ2v) is 5.17. The molecule has 6 heteroatoms. The molecule has 0 aromatic heterocycles. The Morgan fingerprint density at radius 2 is 2.00 bits per heavy atom. The van der Waals surface area contributed by atoms with E-state index in [-0.39, 0.29) is 35.5 Å². The Labute approximate surface area is 101 Å². The van der Waals surface area contributed by atoms with Gasteiger partial charge in [-0.2, -0.15) is 0 Å². The van der Waals surface area contributed by atoms with Crippen molar-refractivity contribution in [3.05, 3.63) is 0 Å². The standard InChI is InChI=1S/C7H13NO3S.Na/c9-12(10,11)7-6-3-1-2-5(6)4-8-7;/h5-8H,1-4H2,(H,9,10,11);/q;+1/p-1/t5-,6-,7-;/m0./s1. The molecule has 1 saturated heterocycles. The van der Waals surface area contributed by atoms with Gasteiger partial charge in [-0.1, -0.05) is 6.42 Å². The molecule has 1 aliphatic heterocycles. The van der Waals surface area contributed by atoms with Gasteiger partial charge in [0.2, 0.25) is 0 Å². The minimum atomic E-state index is -4.12. The molecule has 2 fully saturated rings. The van der Waals surface area contributed by atoms with Gasteiger partial charge in [-0.3, -0.25) is 0 Å². The van der Waals surface area contributed by atoms with Gasteiger partial charge in [-0.15, -0.1) is 0 Å². The Morgan fingerprint density at radius 1 is 1.31 bits per heavy atom. The molecule has 2 rings (SSSR count). The van der Waals surface area contributed by atoms with Crippen LogP contribution in [0.5, 0.6) is 0 Å². The van der Waals surface area contributed by atoms with Gasteiger partial charge in [0, 0.05) is 0 Å². The molecule has 0 aromatic rings. The summed E-state index contributed by atoms with van der Waals surface area (Å²) in [6.45, 7) is 0.705. The molecule has 0 radical (unpaired) electrons. The molecule has 1 saturated carbocycles. The van der Waals surface area contributed by atoms with Crippen LogP contribution in [-0.4, -0.2) is 24.9 Å². The molecule has 0 amide bonds. The summed E-state index contributed by atoms with van der Waals surface area (Å²) in [5.41, 5.74) is 0. The zero-order chi connectivity index (χ0) is 8.77. The van der Waals surface area contributed by atoms with Gasteiger partial charge >= 0.3 is 29.6 Å². The first-order valence-electron chi connectivity index (χ1n) is 4.27. The molecule has 1 aliphatic carbocycles. The molecular weight excluding hydrogens is 201 g/mol. The monoisotopic (exact) mass is 213 g/mol. The Kier molecular flexibility index (Phi) is 3.82. The predicted molar refractivity (Wildman–Crippen MR) is 42.3 cm³/mol. The van der Waals surface area contributed by atoms with Crippen molar-refractivity contribution < 1.29 is 42.5 Å². The van der Waals surface area contributed by atoms with Crippen LogP contribution >= 0.6 is 0 Å². The third-order valence-electron chi connectivity index (χ3n) is 3.00. The summed E-state index contributed by atoms with van der Waals surface area (Å²) in [6, 6.07) is 0. The first-order chi connectivity index (χ1) is 5.59. The average Bonchev–Trinajstić information content (AvgIpc) is 2.37. The van der Waals surface area contributed by atoms with Gasteiger partial charge in [0.25, 0.3) is 0 Å². The van der Waals surface area contributed by atoms with E-state index in [4.69, 9.17) is 0 Å². The minimum absolute atomic E-state index is 0. The zero-order valence-corrected chi connectivity index (χ0v) is 10.5. The van der Waals surface area contributed by atoms with Crippen LogP contribution in [0.1, 0.15) is 19.3 Å². The van der Waals surface area contributed by atoms with Crippen LogP contribution in [0.4, 0.5) is 0 Å². The second-order valence-electron chi connectivity index (χ2n) is 3.68. The summed E-state index contributed by atoms with van der Waals surface area (Å²) in [4.78, 5) is 0. The van der Waals surface area contributed by atoms with Gasteiger partial charge in [0.1, 0.15) is 15.5 Å². The van der Waals surface area contributed by atoms with Crippen molar-refractivity contribution in [3.63, 3.8) is 0 Å². The summed E-state index contributed by atoms with van der Waals surface area (Å²) in [6.07, 6.45) is 3.04. The quantitative estimate of drug-likeness (QED) is 0.369. The number of fused-ring (bicyclic) bond motifs is 1. The van der Waals surface area contributed by atoms with Crippen LogP contribution in [-0.2, 0) is 10.1 Å². The molecular formula is C7H12NNaO3S. The largest absolute Gasteiger partial charge is 1.00 e. The SMILES string of the molecule is O=S(=O)([O-])[C@@H]1NC[C@@H]2CCC[C@@H]21.[Na+]. The second kappa shape index (κ2) is 4.16. The van der Waals surface area contributed by atoms with E-state index in [1.807, 2.05) is 0 Å². The van der Waals surface area contributed by atoms with Crippen molar-refractivity contribution in [2.75, 3.05) is 6.54 Å². The van der Waals surface area contributed by atoms with Gasteiger partial charge in [0.05, 0.1) is 0 Å². The molecule has 0 unspecified atom stereocenters. The molecule has 1 heterocycles. The van der Waals surface area contributed by atoms with Crippen molar-refractivity contribution >= 4 is 10.1 Å². The maximum Gasteiger partial charge on any atom is 1.00 e. The minimum Gasteiger partial charge on any atom is -0.747 e. The Morgan fingerprint density at radius 3 is 2.62 bits per heavy atom. The fourth-order valence-electron chi connectivity index (χ4n) is 2.45. The summed E-state index contributed by atoms with van der Waals surface area (Å²) < 4.78 is 32.3. The van der Waals surface area contributed by atoms with Crippen LogP contribution in [0.25, 0.3) is 0 Å². The molecule has 3 atom stereocenters. The molecule has 70 valence electrons.